The molecule has 0 nitrogen and oxygen atoms in total. The monoisotopic (exact) mass is 142 g/mol. The second-order valence-electron chi connectivity index (χ2n) is 2.56. The molecule has 0 aliphatic heterocycles. The molecule has 0 spiro atoms. The molecule has 0 aliphatic rings. The van der Waals surface area contributed by atoms with E-state index in [-0.39, 0.29) is 5.83 Å². The molecule has 0 saturated carbocycles. The molecule has 0 rings (SSSR count). The van der Waals surface area contributed by atoms with Crippen molar-refractivity contribution in [2.75, 3.05) is 0 Å². The summed E-state index contributed by atoms with van der Waals surface area (Å²) in [6, 6.07) is 0. The van der Waals surface area contributed by atoms with E-state index in [2.05, 4.69) is 13.5 Å². The number of allylic oxidation sites excluding steroid dienone is 3. The summed E-state index contributed by atoms with van der Waals surface area (Å²) in [7, 11) is 0. The minimum atomic E-state index is -0.300. The molecule has 0 aromatic carbocycles. The third kappa shape index (κ3) is 2.81. The maximum Gasteiger partial charge on any atom is 0.118 e. The van der Waals surface area contributed by atoms with Gasteiger partial charge in [0.15, 0.2) is 0 Å². The van der Waals surface area contributed by atoms with E-state index >= 15 is 0 Å². The molecule has 1 heteroatoms. The fraction of sp³-hybridized carbons (Fsp3) is 0.556. The van der Waals surface area contributed by atoms with E-state index < -0.39 is 0 Å². The highest BCUT2D eigenvalue weighted by molar-refractivity contribution is 5.25. The van der Waals surface area contributed by atoms with Crippen molar-refractivity contribution in [3.63, 3.8) is 0 Å². The molecule has 0 atom stereocenters. The van der Waals surface area contributed by atoms with Crippen LogP contribution in [0.5, 0.6) is 0 Å². The first-order valence-electron chi connectivity index (χ1n) is 3.60. The Kier molecular flexibility index (Phi) is 4.01. The van der Waals surface area contributed by atoms with Crippen molar-refractivity contribution >= 4 is 0 Å². The summed E-state index contributed by atoms with van der Waals surface area (Å²) in [5, 5.41) is 0. The molecule has 0 amide bonds. The van der Waals surface area contributed by atoms with Gasteiger partial charge < -0.3 is 0 Å². The average molecular weight is 142 g/mol. The van der Waals surface area contributed by atoms with Gasteiger partial charge in [-0.3, -0.25) is 0 Å². The van der Waals surface area contributed by atoms with Crippen LogP contribution in [-0.2, 0) is 0 Å². The Morgan fingerprint density at radius 2 is 1.90 bits per heavy atom. The zero-order valence-electron chi connectivity index (χ0n) is 7.00. The second kappa shape index (κ2) is 4.26. The van der Waals surface area contributed by atoms with Gasteiger partial charge in [-0.05, 0) is 25.8 Å². The van der Waals surface area contributed by atoms with E-state index in [0.717, 1.165) is 18.4 Å². The Morgan fingerprint density at radius 3 is 2.20 bits per heavy atom. The smallest absolute Gasteiger partial charge is 0.118 e. The minimum absolute atomic E-state index is 0.300. The van der Waals surface area contributed by atoms with Crippen molar-refractivity contribution in [1.29, 1.82) is 0 Å². The summed E-state index contributed by atoms with van der Waals surface area (Å²) in [5.74, 6) is -0.300. The highest BCUT2D eigenvalue weighted by Crippen LogP contribution is 2.16. The number of hydrogen-bond donors (Lipinski definition) is 0. The molecule has 0 aliphatic carbocycles. The van der Waals surface area contributed by atoms with Gasteiger partial charge in [-0.1, -0.05) is 25.5 Å². The lowest BCUT2D eigenvalue weighted by Gasteiger charge is -2.02. The number of hydrogen-bond acceptors (Lipinski definition) is 0. The van der Waals surface area contributed by atoms with Crippen molar-refractivity contribution in [3.05, 3.63) is 23.6 Å². The third-order valence-corrected chi connectivity index (χ3v) is 1.67. The van der Waals surface area contributed by atoms with Crippen LogP contribution in [0, 0.1) is 0 Å². The van der Waals surface area contributed by atoms with Crippen LogP contribution in [0.3, 0.4) is 0 Å². The molecule has 0 heterocycles. The van der Waals surface area contributed by atoms with Crippen LogP contribution >= 0.6 is 0 Å². The lowest BCUT2D eigenvalue weighted by atomic mass is 10.1. The van der Waals surface area contributed by atoms with Crippen LogP contribution in [-0.4, -0.2) is 0 Å². The Balaban J connectivity index is 4.19. The lowest BCUT2D eigenvalue weighted by molar-refractivity contribution is 0.650. The van der Waals surface area contributed by atoms with Gasteiger partial charge >= 0.3 is 0 Å². The maximum atomic E-state index is 12.4. The molecule has 0 bridgehead atoms. The normalized spacial score (nSPS) is 12.8. The van der Waals surface area contributed by atoms with Gasteiger partial charge in [0.25, 0.3) is 0 Å². The quantitative estimate of drug-likeness (QED) is 0.528. The minimum Gasteiger partial charge on any atom is -0.207 e. The summed E-state index contributed by atoms with van der Waals surface area (Å²) in [6.07, 6.45) is 2.03. The Labute approximate surface area is 62.4 Å². The predicted molar refractivity (Wildman–Crippen MR) is 43.5 cm³/mol. The molecule has 0 N–H and O–H groups in total. The molecule has 10 heavy (non-hydrogen) atoms. The molecular formula is C9H15F. The van der Waals surface area contributed by atoms with Gasteiger partial charge in [-0.2, -0.15) is 0 Å². The summed E-state index contributed by atoms with van der Waals surface area (Å²) < 4.78 is 12.4. The van der Waals surface area contributed by atoms with Crippen LogP contribution in [0.15, 0.2) is 23.6 Å². The topological polar surface area (TPSA) is 0 Å². The van der Waals surface area contributed by atoms with Gasteiger partial charge in [0.05, 0.1) is 0 Å². The van der Waals surface area contributed by atoms with E-state index in [1.807, 2.05) is 6.92 Å². The molecule has 0 saturated heterocycles. The van der Waals surface area contributed by atoms with E-state index in [1.54, 1.807) is 6.92 Å². The first kappa shape index (κ1) is 9.41. The van der Waals surface area contributed by atoms with Crippen molar-refractivity contribution < 1.29 is 4.39 Å². The van der Waals surface area contributed by atoms with Crippen molar-refractivity contribution in [2.45, 2.75) is 33.6 Å². The first-order chi connectivity index (χ1) is 4.59. The molecule has 0 radical (unpaired) electrons. The molecule has 0 fully saturated rings. The molecule has 0 unspecified atom stereocenters. The highest BCUT2D eigenvalue weighted by atomic mass is 19.1. The third-order valence-electron chi connectivity index (χ3n) is 1.67. The van der Waals surface area contributed by atoms with Gasteiger partial charge in [0.1, 0.15) is 5.83 Å². The fourth-order valence-corrected chi connectivity index (χ4v) is 0.794. The first-order valence-corrected chi connectivity index (χ1v) is 3.60. The summed E-state index contributed by atoms with van der Waals surface area (Å²) in [5.41, 5.74) is 1.82. The van der Waals surface area contributed by atoms with Gasteiger partial charge in [0.2, 0.25) is 0 Å². The number of halogens is 1. The Hall–Kier alpha value is -0.590. The van der Waals surface area contributed by atoms with Gasteiger partial charge in [0, 0.05) is 0 Å². The molecular weight excluding hydrogens is 127 g/mol. The van der Waals surface area contributed by atoms with Crippen LogP contribution in [0.25, 0.3) is 0 Å². The van der Waals surface area contributed by atoms with Crippen molar-refractivity contribution in [2.24, 2.45) is 0 Å². The van der Waals surface area contributed by atoms with Gasteiger partial charge in [-0.25, -0.2) is 4.39 Å². The highest BCUT2D eigenvalue weighted by Gasteiger charge is 1.98. The van der Waals surface area contributed by atoms with Crippen molar-refractivity contribution in [1.82, 2.24) is 0 Å². The zero-order chi connectivity index (χ0) is 8.15. The summed E-state index contributed by atoms with van der Waals surface area (Å²) in [4.78, 5) is 0. The largest absolute Gasteiger partial charge is 0.207 e. The van der Waals surface area contributed by atoms with E-state index in [9.17, 15) is 4.39 Å². The van der Waals surface area contributed by atoms with Crippen LogP contribution in [0.2, 0.25) is 0 Å². The maximum absolute atomic E-state index is 12.4. The van der Waals surface area contributed by atoms with E-state index in [4.69, 9.17) is 0 Å². The predicted octanol–water partition coefficient (Wildman–Crippen LogP) is 3.61. The molecule has 0 aromatic rings. The molecule has 58 valence electrons. The molecule has 0 aromatic heterocycles. The average Bonchev–Trinajstić information content (AvgIpc) is 1.87. The second-order valence-corrected chi connectivity index (χ2v) is 2.56. The summed E-state index contributed by atoms with van der Waals surface area (Å²) >= 11 is 0. The lowest BCUT2D eigenvalue weighted by Crippen LogP contribution is -1.83. The Morgan fingerprint density at radius 1 is 1.40 bits per heavy atom. The zero-order valence-corrected chi connectivity index (χ0v) is 7.00. The standard InChI is InChI=1S/C9H15F/c1-5-6-7(2)8(3)9(4)10/h4-6H2,1-3H3/b8-7+. The SMILES string of the molecule is C=C(F)/C(C)=C(\C)CCC. The Bertz CT molecular complexity index is 154. The van der Waals surface area contributed by atoms with E-state index in [0.29, 0.717) is 5.57 Å². The fourth-order valence-electron chi connectivity index (χ4n) is 0.794. The van der Waals surface area contributed by atoms with Gasteiger partial charge in [-0.15, -0.1) is 0 Å². The van der Waals surface area contributed by atoms with Crippen LogP contribution in [0.4, 0.5) is 4.39 Å². The van der Waals surface area contributed by atoms with Crippen LogP contribution < -0.4 is 0 Å². The van der Waals surface area contributed by atoms with E-state index in [1.165, 1.54) is 0 Å². The summed E-state index contributed by atoms with van der Waals surface area (Å²) in [6.45, 7) is 9.03. The number of rotatable bonds is 3. The van der Waals surface area contributed by atoms with Crippen LogP contribution in [0.1, 0.15) is 33.6 Å². The van der Waals surface area contributed by atoms with Crippen molar-refractivity contribution in [3.8, 4) is 0 Å².